The van der Waals surface area contributed by atoms with Crippen LogP contribution in [0.3, 0.4) is 0 Å². The summed E-state index contributed by atoms with van der Waals surface area (Å²) < 4.78 is 65.5. The first-order valence-electron chi connectivity index (χ1n) is 11.9. The number of nitrogen functional groups attached to an aromatic ring is 2. The van der Waals surface area contributed by atoms with E-state index in [0.717, 1.165) is 30.8 Å². The van der Waals surface area contributed by atoms with Gasteiger partial charge in [-0.2, -0.15) is 16.8 Å². The third kappa shape index (κ3) is 24.0. The van der Waals surface area contributed by atoms with Crippen LogP contribution in [0.25, 0.3) is 0 Å². The number of nitrogens with two attached hydrogens (primary N) is 2. The van der Waals surface area contributed by atoms with E-state index in [2.05, 4.69) is 13.2 Å². The van der Waals surface area contributed by atoms with E-state index in [9.17, 15) is 16.8 Å². The normalized spacial score (nSPS) is 10.3. The first-order chi connectivity index (χ1) is 19.2. The monoisotopic (exact) mass is 620 g/mol. The molecule has 16 heteroatoms. The fraction of sp³-hybridized carbons (Fsp3) is 0.360. The van der Waals surface area contributed by atoms with Crippen molar-refractivity contribution in [3.8, 4) is 11.5 Å². The van der Waals surface area contributed by atoms with Gasteiger partial charge in [-0.25, -0.2) is 0 Å². The topological polar surface area (TPSA) is 267 Å². The summed E-state index contributed by atoms with van der Waals surface area (Å²) in [5.74, 6) is 0.531. The van der Waals surface area contributed by atoms with Gasteiger partial charge in [0.25, 0.3) is 20.2 Å². The van der Waals surface area contributed by atoms with Crippen LogP contribution in [0.5, 0.6) is 11.5 Å². The van der Waals surface area contributed by atoms with Gasteiger partial charge in [-0.3, -0.25) is 19.9 Å². The van der Waals surface area contributed by atoms with Crippen molar-refractivity contribution in [2.75, 3.05) is 37.9 Å². The average molecular weight is 621 g/mol. The third-order valence-corrected chi connectivity index (χ3v) is 5.75. The van der Waals surface area contributed by atoms with Gasteiger partial charge in [-0.15, -0.1) is 13.2 Å². The van der Waals surface area contributed by atoms with E-state index in [1.165, 1.54) is 0 Å². The van der Waals surface area contributed by atoms with Gasteiger partial charge in [-0.1, -0.05) is 0 Å². The number of ether oxygens (including phenoxy) is 2. The van der Waals surface area contributed by atoms with Crippen LogP contribution in [0.15, 0.2) is 61.7 Å². The van der Waals surface area contributed by atoms with Crippen molar-refractivity contribution in [1.82, 2.24) is 0 Å². The summed E-state index contributed by atoms with van der Waals surface area (Å²) in [6.45, 7) is 6.23. The fourth-order valence-corrected chi connectivity index (χ4v) is 2.91. The molecule has 0 spiro atoms. The molecule has 0 saturated carbocycles. The van der Waals surface area contributed by atoms with Crippen molar-refractivity contribution in [1.29, 1.82) is 10.8 Å². The van der Waals surface area contributed by atoms with Gasteiger partial charge >= 0.3 is 0 Å². The van der Waals surface area contributed by atoms with Crippen molar-refractivity contribution in [3.05, 3.63) is 72.8 Å². The highest BCUT2D eigenvalue weighted by Gasteiger charge is 2.01. The first kappa shape index (κ1) is 39.6. The number of nitrogens with one attached hydrogen (secondary N) is 2. The van der Waals surface area contributed by atoms with Crippen molar-refractivity contribution < 1.29 is 45.6 Å². The molecule has 0 heterocycles. The number of hydrogen-bond donors (Lipinski definition) is 8. The van der Waals surface area contributed by atoms with Gasteiger partial charge in [0.1, 0.15) is 23.2 Å². The second-order valence-electron chi connectivity index (χ2n) is 7.65. The minimum absolute atomic E-state index is 0.0579. The molecule has 41 heavy (non-hydrogen) atoms. The average Bonchev–Trinajstić information content (AvgIpc) is 2.89. The molecule has 0 aliphatic carbocycles. The van der Waals surface area contributed by atoms with Gasteiger partial charge in [0.15, 0.2) is 0 Å². The third-order valence-electron chi connectivity index (χ3n) is 4.36. The van der Waals surface area contributed by atoms with E-state index in [4.69, 9.17) is 51.1 Å². The molecule has 0 saturated heterocycles. The highest BCUT2D eigenvalue weighted by atomic mass is 32.2. The zero-order valence-corrected chi connectivity index (χ0v) is 24.2. The van der Waals surface area contributed by atoms with Gasteiger partial charge in [-0.05, 0) is 67.8 Å². The lowest BCUT2D eigenvalue weighted by molar-refractivity contribution is 0.279. The Kier molecular flexibility index (Phi) is 21.4. The van der Waals surface area contributed by atoms with E-state index in [1.807, 2.05) is 24.3 Å². The number of amidine groups is 2. The predicted molar refractivity (Wildman–Crippen MR) is 158 cm³/mol. The summed E-state index contributed by atoms with van der Waals surface area (Å²) in [4.78, 5) is 0. The van der Waals surface area contributed by atoms with Crippen molar-refractivity contribution in [3.63, 3.8) is 0 Å². The molecule has 0 aliphatic rings. The highest BCUT2D eigenvalue weighted by Crippen LogP contribution is 2.14. The van der Waals surface area contributed by atoms with Gasteiger partial charge in [0, 0.05) is 11.1 Å². The number of hydrogen-bond acceptors (Lipinski definition) is 10. The van der Waals surface area contributed by atoms with Gasteiger partial charge < -0.3 is 31.2 Å². The summed E-state index contributed by atoms with van der Waals surface area (Å²) in [6.07, 6.45) is 2.90. The largest absolute Gasteiger partial charge is 0.494 e. The molecule has 2 rings (SSSR count). The molecule has 0 fully saturated rings. The van der Waals surface area contributed by atoms with E-state index >= 15 is 0 Å². The highest BCUT2D eigenvalue weighted by molar-refractivity contribution is 7.86. The van der Waals surface area contributed by atoms with E-state index in [1.54, 1.807) is 24.3 Å². The molecular formula is C25H40N4O10S2. The van der Waals surface area contributed by atoms with E-state index in [-0.39, 0.29) is 11.7 Å². The van der Waals surface area contributed by atoms with Crippen LogP contribution >= 0.6 is 0 Å². The Morgan fingerprint density at radius 3 is 1.15 bits per heavy atom. The van der Waals surface area contributed by atoms with Crippen LogP contribution in [0.1, 0.15) is 30.4 Å². The Hall–Kier alpha value is -3.54. The summed E-state index contributed by atoms with van der Waals surface area (Å²) in [6, 6.07) is 14.4. The Morgan fingerprint density at radius 2 is 0.951 bits per heavy atom. The molecule has 0 atom stereocenters. The SMILES string of the molecule is C=C.N=C(N)c1ccc(OCCCCCOc2ccc(C(=N)N)cc2)cc1.O=S(=O)(O)CCO.O=S(=O)(O)CCO. The minimum atomic E-state index is -3.92. The second kappa shape index (κ2) is 22.2. The Morgan fingerprint density at radius 1 is 0.659 bits per heavy atom. The Bertz CT molecular complexity index is 1130. The van der Waals surface area contributed by atoms with Crippen molar-refractivity contribution in [2.24, 2.45) is 11.5 Å². The van der Waals surface area contributed by atoms with E-state index in [0.29, 0.717) is 24.3 Å². The summed E-state index contributed by atoms with van der Waals surface area (Å²) in [7, 11) is -7.85. The maximum absolute atomic E-state index is 9.63. The molecule has 0 bridgehead atoms. The van der Waals surface area contributed by atoms with Crippen molar-refractivity contribution in [2.45, 2.75) is 19.3 Å². The molecule has 0 unspecified atom stereocenters. The van der Waals surface area contributed by atoms with Crippen LogP contribution < -0.4 is 20.9 Å². The standard InChI is InChI=1S/C19H24N4O2.2C2H6O4S.C2H4/c20-18(21)14-4-8-16(9-5-14)24-12-2-1-3-13-25-17-10-6-15(7-11-17)19(22)23;2*3-1-2-7(4,5)6;1-2/h4-11H,1-3,12-13H2,(H3,20,21)(H3,22,23);2*3H,1-2H2,(H,4,5,6);1-2H2. The summed E-state index contributed by atoms with van der Waals surface area (Å²) in [5, 5.41) is 30.4. The number of rotatable bonds is 14. The minimum Gasteiger partial charge on any atom is -0.494 e. The first-order valence-corrected chi connectivity index (χ1v) is 15.2. The lowest BCUT2D eigenvalue weighted by atomic mass is 10.2. The van der Waals surface area contributed by atoms with Crippen molar-refractivity contribution >= 4 is 31.9 Å². The molecule has 2 aromatic carbocycles. The zero-order chi connectivity index (χ0) is 31.9. The summed E-state index contributed by atoms with van der Waals surface area (Å²) in [5.41, 5.74) is 12.2. The van der Waals surface area contributed by atoms with Crippen LogP contribution in [0.4, 0.5) is 0 Å². The molecule has 10 N–H and O–H groups in total. The lowest BCUT2D eigenvalue weighted by Crippen LogP contribution is -2.10. The van der Waals surface area contributed by atoms with Crippen LogP contribution in [0, 0.1) is 10.8 Å². The lowest BCUT2D eigenvalue weighted by Gasteiger charge is -2.08. The van der Waals surface area contributed by atoms with Gasteiger partial charge in [0.05, 0.1) is 37.9 Å². The predicted octanol–water partition coefficient (Wildman–Crippen LogP) is 1.42. The molecule has 0 aromatic heterocycles. The maximum atomic E-state index is 9.63. The molecule has 0 radical (unpaired) electrons. The molecule has 2 aromatic rings. The molecular weight excluding hydrogens is 580 g/mol. The smallest absolute Gasteiger partial charge is 0.267 e. The number of benzene rings is 2. The quantitative estimate of drug-likeness (QED) is 0.0490. The fourth-order valence-electron chi connectivity index (χ4n) is 2.45. The maximum Gasteiger partial charge on any atom is 0.267 e. The number of aliphatic hydroxyl groups excluding tert-OH is 2. The Labute approximate surface area is 241 Å². The van der Waals surface area contributed by atoms with Gasteiger partial charge in [0.2, 0.25) is 0 Å². The van der Waals surface area contributed by atoms with Crippen LogP contribution in [-0.4, -0.2) is 85.8 Å². The number of unbranched alkanes of at least 4 members (excludes halogenated alkanes) is 2. The molecule has 0 amide bonds. The van der Waals surface area contributed by atoms with E-state index < -0.39 is 45.0 Å². The Balaban J connectivity index is 0. The molecule has 232 valence electrons. The number of aliphatic hydroxyl groups is 2. The van der Waals surface area contributed by atoms with Crippen LogP contribution in [0.2, 0.25) is 0 Å². The summed E-state index contributed by atoms with van der Waals surface area (Å²) >= 11 is 0. The molecule has 0 aliphatic heterocycles. The zero-order valence-electron chi connectivity index (χ0n) is 22.6. The van der Waals surface area contributed by atoms with Crippen LogP contribution in [-0.2, 0) is 20.2 Å². The molecule has 14 nitrogen and oxygen atoms in total. The second-order valence-corrected chi connectivity index (χ2v) is 10.8.